The number of halogens is 1. The first-order chi connectivity index (χ1) is 13.6. The van der Waals surface area contributed by atoms with Crippen LogP contribution in [-0.2, 0) is 6.54 Å². The van der Waals surface area contributed by atoms with Crippen molar-refractivity contribution in [2.24, 2.45) is 4.99 Å². The van der Waals surface area contributed by atoms with E-state index in [0.29, 0.717) is 12.6 Å². The zero-order valence-corrected chi connectivity index (χ0v) is 18.4. The number of guanidine groups is 1. The number of pyridine rings is 1. The van der Waals surface area contributed by atoms with Crippen molar-refractivity contribution in [1.29, 1.82) is 0 Å². The first-order valence-corrected chi connectivity index (χ1v) is 10.5. The normalized spacial score (nSPS) is 16.9. The summed E-state index contributed by atoms with van der Waals surface area (Å²) in [5, 5.41) is 6.97. The molecule has 1 aromatic heterocycles. The van der Waals surface area contributed by atoms with Gasteiger partial charge in [-0.15, -0.1) is 0 Å². The average Bonchev–Trinajstić information content (AvgIpc) is 3.15. The third kappa shape index (κ3) is 5.38. The molecule has 2 aromatic rings. The fraction of sp³-hybridized carbons (Fsp3) is 0.429. The number of hydrogen-bond donors (Lipinski definition) is 2. The van der Waals surface area contributed by atoms with Crippen LogP contribution in [0.4, 0.5) is 11.5 Å². The molecule has 0 bridgehead atoms. The number of rotatable bonds is 6. The average molecular weight is 445 g/mol. The highest BCUT2D eigenvalue weighted by atomic mass is 79.9. The number of anilines is 2. The minimum atomic E-state index is 0.375. The first-order valence-electron chi connectivity index (χ1n) is 9.73. The molecule has 1 atom stereocenters. The lowest BCUT2D eigenvalue weighted by Crippen LogP contribution is -2.44. The highest BCUT2D eigenvalue weighted by molar-refractivity contribution is 9.10. The van der Waals surface area contributed by atoms with Crippen molar-refractivity contribution in [3.63, 3.8) is 0 Å². The van der Waals surface area contributed by atoms with Crippen molar-refractivity contribution >= 4 is 33.4 Å². The lowest BCUT2D eigenvalue weighted by Gasteiger charge is -2.21. The number of nitrogens with zero attached hydrogens (tertiary/aromatic N) is 4. The van der Waals surface area contributed by atoms with Gasteiger partial charge >= 0.3 is 0 Å². The van der Waals surface area contributed by atoms with E-state index >= 15 is 0 Å². The molecule has 0 aliphatic carbocycles. The predicted octanol–water partition coefficient (Wildman–Crippen LogP) is 3.24. The van der Waals surface area contributed by atoms with Crippen LogP contribution in [0.5, 0.6) is 0 Å². The van der Waals surface area contributed by atoms with Crippen LogP contribution < -0.4 is 20.4 Å². The predicted molar refractivity (Wildman–Crippen MR) is 121 cm³/mol. The number of aromatic nitrogens is 1. The summed E-state index contributed by atoms with van der Waals surface area (Å²) in [5.41, 5.74) is 2.40. The Labute approximate surface area is 176 Å². The van der Waals surface area contributed by atoms with Gasteiger partial charge in [-0.25, -0.2) is 9.98 Å². The van der Waals surface area contributed by atoms with Crippen LogP contribution in [0.1, 0.15) is 18.9 Å². The van der Waals surface area contributed by atoms with E-state index in [2.05, 4.69) is 73.7 Å². The molecule has 0 amide bonds. The quantitative estimate of drug-likeness (QED) is 0.528. The van der Waals surface area contributed by atoms with Gasteiger partial charge in [-0.3, -0.25) is 0 Å². The molecular formula is C21H29BrN6. The molecule has 1 aromatic carbocycles. The largest absolute Gasteiger partial charge is 0.368 e. The SMILES string of the molecule is CCNC(=NCc1ccnc(N(C)C)c1)NC1CCN(c2ccccc2Br)C1. The van der Waals surface area contributed by atoms with Crippen LogP contribution in [0.3, 0.4) is 0 Å². The summed E-state index contributed by atoms with van der Waals surface area (Å²) in [5.74, 6) is 1.82. The summed E-state index contributed by atoms with van der Waals surface area (Å²) in [6.45, 7) is 5.56. The maximum Gasteiger partial charge on any atom is 0.191 e. The molecule has 3 rings (SSSR count). The second-order valence-corrected chi connectivity index (χ2v) is 7.99. The van der Waals surface area contributed by atoms with Crippen LogP contribution in [0.2, 0.25) is 0 Å². The van der Waals surface area contributed by atoms with E-state index in [0.717, 1.165) is 47.9 Å². The minimum absolute atomic E-state index is 0.375. The zero-order valence-electron chi connectivity index (χ0n) is 16.8. The Morgan fingerprint density at radius 2 is 2.14 bits per heavy atom. The summed E-state index contributed by atoms with van der Waals surface area (Å²) >= 11 is 3.66. The Balaban J connectivity index is 1.62. The molecule has 0 radical (unpaired) electrons. The molecule has 0 saturated carbocycles. The summed E-state index contributed by atoms with van der Waals surface area (Å²) in [4.78, 5) is 13.6. The summed E-state index contributed by atoms with van der Waals surface area (Å²) in [6, 6.07) is 12.9. The van der Waals surface area contributed by atoms with E-state index in [9.17, 15) is 0 Å². The molecule has 0 spiro atoms. The van der Waals surface area contributed by atoms with Crippen molar-refractivity contribution in [2.45, 2.75) is 25.9 Å². The monoisotopic (exact) mass is 444 g/mol. The van der Waals surface area contributed by atoms with Crippen LogP contribution >= 0.6 is 15.9 Å². The van der Waals surface area contributed by atoms with Crippen molar-refractivity contribution in [3.05, 3.63) is 52.6 Å². The van der Waals surface area contributed by atoms with E-state index in [1.54, 1.807) is 0 Å². The van der Waals surface area contributed by atoms with E-state index < -0.39 is 0 Å². The Kier molecular flexibility index (Phi) is 7.14. The molecule has 6 nitrogen and oxygen atoms in total. The lowest BCUT2D eigenvalue weighted by molar-refractivity contribution is 0.649. The summed E-state index contributed by atoms with van der Waals surface area (Å²) < 4.78 is 1.14. The molecule has 7 heteroatoms. The Morgan fingerprint density at radius 1 is 1.32 bits per heavy atom. The smallest absolute Gasteiger partial charge is 0.191 e. The van der Waals surface area contributed by atoms with Crippen LogP contribution in [0.15, 0.2) is 52.1 Å². The van der Waals surface area contributed by atoms with E-state index in [1.165, 1.54) is 5.69 Å². The Morgan fingerprint density at radius 3 is 2.89 bits per heavy atom. The van der Waals surface area contributed by atoms with Gasteiger partial charge in [0.05, 0.1) is 12.2 Å². The van der Waals surface area contributed by atoms with E-state index in [1.807, 2.05) is 31.3 Å². The van der Waals surface area contributed by atoms with Gasteiger partial charge in [0.2, 0.25) is 0 Å². The Bertz CT molecular complexity index is 807. The van der Waals surface area contributed by atoms with Crippen molar-refractivity contribution in [1.82, 2.24) is 15.6 Å². The van der Waals surface area contributed by atoms with Gasteiger partial charge in [0, 0.05) is 50.4 Å². The number of benzene rings is 1. The molecule has 2 heterocycles. The number of hydrogen-bond acceptors (Lipinski definition) is 4. The second kappa shape index (κ2) is 9.78. The summed E-state index contributed by atoms with van der Waals surface area (Å²) in [6.07, 6.45) is 2.93. The van der Waals surface area contributed by atoms with Gasteiger partial charge < -0.3 is 20.4 Å². The van der Waals surface area contributed by atoms with Crippen LogP contribution in [0.25, 0.3) is 0 Å². The van der Waals surface area contributed by atoms with Gasteiger partial charge in [0.1, 0.15) is 5.82 Å². The lowest BCUT2D eigenvalue weighted by atomic mass is 10.2. The topological polar surface area (TPSA) is 55.8 Å². The van der Waals surface area contributed by atoms with Crippen LogP contribution in [0, 0.1) is 0 Å². The van der Waals surface area contributed by atoms with Gasteiger partial charge in [-0.1, -0.05) is 12.1 Å². The van der Waals surface area contributed by atoms with Crippen molar-refractivity contribution in [3.8, 4) is 0 Å². The van der Waals surface area contributed by atoms with Gasteiger partial charge in [0.15, 0.2) is 5.96 Å². The number of para-hydroxylation sites is 1. The van der Waals surface area contributed by atoms with Gasteiger partial charge in [-0.2, -0.15) is 0 Å². The second-order valence-electron chi connectivity index (χ2n) is 7.14. The molecular weight excluding hydrogens is 416 g/mol. The van der Waals surface area contributed by atoms with Crippen molar-refractivity contribution in [2.75, 3.05) is 43.5 Å². The minimum Gasteiger partial charge on any atom is -0.368 e. The third-order valence-electron chi connectivity index (χ3n) is 4.75. The molecule has 150 valence electrons. The van der Waals surface area contributed by atoms with Crippen LogP contribution in [-0.4, -0.2) is 50.7 Å². The highest BCUT2D eigenvalue weighted by Gasteiger charge is 2.24. The van der Waals surface area contributed by atoms with E-state index in [-0.39, 0.29) is 0 Å². The molecule has 28 heavy (non-hydrogen) atoms. The standard InChI is InChI=1S/C21H29BrN6/c1-4-23-21(25-14-16-9-11-24-20(13-16)27(2)3)26-17-10-12-28(15-17)19-8-6-5-7-18(19)22/h5-9,11,13,17H,4,10,12,14-15H2,1-3H3,(H2,23,25,26). The first kappa shape index (κ1) is 20.5. The Hall–Kier alpha value is -2.28. The van der Waals surface area contributed by atoms with Gasteiger partial charge in [-0.05, 0) is 59.1 Å². The molecule has 1 aliphatic heterocycles. The van der Waals surface area contributed by atoms with Gasteiger partial charge in [0.25, 0.3) is 0 Å². The highest BCUT2D eigenvalue weighted by Crippen LogP contribution is 2.28. The zero-order chi connectivity index (χ0) is 19.9. The molecule has 1 fully saturated rings. The fourth-order valence-electron chi connectivity index (χ4n) is 3.29. The summed E-state index contributed by atoms with van der Waals surface area (Å²) in [7, 11) is 4.00. The fourth-order valence-corrected chi connectivity index (χ4v) is 3.83. The maximum atomic E-state index is 4.78. The molecule has 1 saturated heterocycles. The van der Waals surface area contributed by atoms with Crippen molar-refractivity contribution < 1.29 is 0 Å². The maximum absolute atomic E-state index is 4.78. The molecule has 1 unspecified atom stereocenters. The number of aliphatic imine (C=N–C) groups is 1. The van der Waals surface area contributed by atoms with E-state index in [4.69, 9.17) is 4.99 Å². The third-order valence-corrected chi connectivity index (χ3v) is 5.42. The number of nitrogens with one attached hydrogen (secondary N) is 2. The molecule has 1 aliphatic rings. The molecule has 2 N–H and O–H groups in total.